The van der Waals surface area contributed by atoms with Crippen molar-refractivity contribution in [3.8, 4) is 5.75 Å². The number of hydrogen-bond acceptors (Lipinski definition) is 9. The maximum absolute atomic E-state index is 12.7. The molecule has 0 spiro atoms. The van der Waals surface area contributed by atoms with Gasteiger partial charge in [-0.05, 0) is 38.3 Å². The van der Waals surface area contributed by atoms with E-state index in [-0.39, 0.29) is 23.0 Å². The highest BCUT2D eigenvalue weighted by atomic mass is 32.2. The van der Waals surface area contributed by atoms with Gasteiger partial charge in [-0.25, -0.2) is 15.0 Å². The molecular weight excluding hydrogens is 472 g/mol. The molecule has 0 unspecified atom stereocenters. The fourth-order valence-corrected chi connectivity index (χ4v) is 6.03. The molecule has 1 amide bonds. The number of carbonyl (C=O) groups is 1. The average molecular weight is 498 g/mol. The molecule has 0 aliphatic carbocycles. The van der Waals surface area contributed by atoms with Crippen molar-refractivity contribution in [2.75, 3.05) is 17.7 Å². The molecule has 2 aromatic rings. The molecule has 0 saturated carbocycles. The second-order valence-corrected chi connectivity index (χ2v) is 10.3. The van der Waals surface area contributed by atoms with Gasteiger partial charge in [0.2, 0.25) is 0 Å². The molecule has 4 heterocycles. The van der Waals surface area contributed by atoms with Gasteiger partial charge in [0.25, 0.3) is 5.91 Å². The van der Waals surface area contributed by atoms with Crippen LogP contribution in [0.4, 0.5) is 14.6 Å². The monoisotopic (exact) mass is 497 g/mol. The summed E-state index contributed by atoms with van der Waals surface area (Å²) in [5.41, 5.74) is 5.69. The Morgan fingerprint density at radius 3 is 2.97 bits per heavy atom. The summed E-state index contributed by atoms with van der Waals surface area (Å²) < 4.78 is 35.4. The standard InChI is InChI=1S/C21H25F2N5O3S2/c1-4-20(3)6-12-8-33-19(24)28-21(12,10-30-20)17-27-14(9-32-17)26-16(29)15-11(2)5-13(7-25-15)31-18(22)23/h5,7,9,12,18H,4,6,8,10H2,1-3H3,(H2,24,28)(H,26,29)/t12-,20-,21-/m0/s1. The minimum atomic E-state index is -2.96. The Hall–Kier alpha value is -2.31. The normalized spacial score (nSPS) is 27.1. The molecule has 0 bridgehead atoms. The summed E-state index contributed by atoms with van der Waals surface area (Å²) >= 11 is 2.93. The summed E-state index contributed by atoms with van der Waals surface area (Å²) in [6.07, 6.45) is 2.83. The summed E-state index contributed by atoms with van der Waals surface area (Å²) in [6, 6.07) is 1.34. The number of amides is 1. The van der Waals surface area contributed by atoms with E-state index in [0.717, 1.165) is 29.8 Å². The number of hydrogen-bond donors (Lipinski definition) is 2. The van der Waals surface area contributed by atoms with E-state index in [4.69, 9.17) is 15.5 Å². The van der Waals surface area contributed by atoms with E-state index in [0.29, 0.717) is 23.2 Å². The number of pyridine rings is 1. The second kappa shape index (κ2) is 9.15. The van der Waals surface area contributed by atoms with E-state index in [1.807, 2.05) is 0 Å². The van der Waals surface area contributed by atoms with Gasteiger partial charge in [-0.15, -0.1) is 11.3 Å². The Balaban J connectivity index is 1.55. The Morgan fingerprint density at radius 1 is 1.48 bits per heavy atom. The number of aliphatic imine (C=N–C) groups is 1. The molecule has 2 aromatic heterocycles. The molecule has 2 aliphatic heterocycles. The summed E-state index contributed by atoms with van der Waals surface area (Å²) in [5, 5.41) is 5.71. The van der Waals surface area contributed by atoms with E-state index in [9.17, 15) is 13.6 Å². The van der Waals surface area contributed by atoms with E-state index >= 15 is 0 Å². The van der Waals surface area contributed by atoms with Crippen molar-refractivity contribution in [3.63, 3.8) is 0 Å². The highest BCUT2D eigenvalue weighted by Crippen LogP contribution is 2.50. The molecule has 2 aliphatic rings. The number of anilines is 1. The summed E-state index contributed by atoms with van der Waals surface area (Å²) in [4.78, 5) is 26.1. The van der Waals surface area contributed by atoms with Gasteiger partial charge in [0.05, 0.1) is 18.4 Å². The number of carbonyl (C=O) groups excluding carboxylic acids is 1. The van der Waals surface area contributed by atoms with Crippen molar-refractivity contribution in [1.29, 1.82) is 0 Å². The number of nitrogens with one attached hydrogen (secondary N) is 1. The maximum Gasteiger partial charge on any atom is 0.387 e. The number of alkyl halides is 2. The Kier molecular flexibility index (Phi) is 6.61. The zero-order valence-corrected chi connectivity index (χ0v) is 20.1. The van der Waals surface area contributed by atoms with Crippen LogP contribution in [-0.2, 0) is 10.3 Å². The summed E-state index contributed by atoms with van der Waals surface area (Å²) in [7, 11) is 0. The van der Waals surface area contributed by atoms with Crippen LogP contribution >= 0.6 is 23.1 Å². The number of halogens is 2. The number of rotatable bonds is 6. The van der Waals surface area contributed by atoms with Crippen molar-refractivity contribution < 1.29 is 23.0 Å². The van der Waals surface area contributed by atoms with Crippen molar-refractivity contribution in [1.82, 2.24) is 9.97 Å². The number of thiazole rings is 1. The van der Waals surface area contributed by atoms with Gasteiger partial charge in [-0.2, -0.15) is 8.78 Å². The van der Waals surface area contributed by atoms with Gasteiger partial charge in [0.15, 0.2) is 5.17 Å². The molecule has 178 valence electrons. The predicted octanol–water partition coefficient (Wildman–Crippen LogP) is 4.16. The number of ether oxygens (including phenoxy) is 2. The molecule has 4 rings (SSSR count). The molecule has 1 fully saturated rings. The molecule has 33 heavy (non-hydrogen) atoms. The summed E-state index contributed by atoms with van der Waals surface area (Å²) in [6.45, 7) is 3.23. The van der Waals surface area contributed by atoms with Crippen LogP contribution in [-0.4, -0.2) is 45.6 Å². The number of fused-ring (bicyclic) bond motifs is 1. The lowest BCUT2D eigenvalue weighted by atomic mass is 9.75. The van der Waals surface area contributed by atoms with Crippen LogP contribution in [0.15, 0.2) is 22.6 Å². The van der Waals surface area contributed by atoms with Crippen LogP contribution < -0.4 is 15.8 Å². The average Bonchev–Trinajstić information content (AvgIpc) is 3.22. The van der Waals surface area contributed by atoms with Gasteiger partial charge >= 0.3 is 6.61 Å². The highest BCUT2D eigenvalue weighted by Gasteiger charge is 2.52. The first-order valence-electron chi connectivity index (χ1n) is 10.4. The number of thioether (sulfide) groups is 1. The van der Waals surface area contributed by atoms with Gasteiger partial charge in [-0.3, -0.25) is 4.79 Å². The fraction of sp³-hybridized carbons (Fsp3) is 0.524. The van der Waals surface area contributed by atoms with Gasteiger partial charge < -0.3 is 20.5 Å². The van der Waals surface area contributed by atoms with Crippen LogP contribution in [0.3, 0.4) is 0 Å². The van der Waals surface area contributed by atoms with Crippen LogP contribution in [0.5, 0.6) is 5.75 Å². The van der Waals surface area contributed by atoms with Crippen molar-refractivity contribution in [2.45, 2.75) is 51.4 Å². The minimum Gasteiger partial charge on any atom is -0.433 e. The molecule has 3 N–H and O–H groups in total. The van der Waals surface area contributed by atoms with Crippen molar-refractivity contribution in [2.24, 2.45) is 16.6 Å². The van der Waals surface area contributed by atoms with E-state index in [1.165, 1.54) is 17.4 Å². The zero-order valence-electron chi connectivity index (χ0n) is 18.4. The molecule has 1 saturated heterocycles. The quantitative estimate of drug-likeness (QED) is 0.616. The zero-order chi connectivity index (χ0) is 23.8. The molecular formula is C21H25F2N5O3S2. The smallest absolute Gasteiger partial charge is 0.387 e. The first-order chi connectivity index (χ1) is 15.6. The molecule has 8 nitrogen and oxygen atoms in total. The van der Waals surface area contributed by atoms with Gasteiger partial charge in [-0.1, -0.05) is 18.7 Å². The van der Waals surface area contributed by atoms with Crippen LogP contribution in [0.2, 0.25) is 0 Å². The fourth-order valence-electron chi connectivity index (χ4n) is 4.08. The summed E-state index contributed by atoms with van der Waals surface area (Å²) in [5.74, 6) is 0.781. The van der Waals surface area contributed by atoms with Gasteiger partial charge in [0, 0.05) is 17.1 Å². The third-order valence-corrected chi connectivity index (χ3v) is 8.06. The largest absolute Gasteiger partial charge is 0.433 e. The number of nitrogens with two attached hydrogens (primary N) is 1. The lowest BCUT2D eigenvalue weighted by Gasteiger charge is -2.48. The topological polar surface area (TPSA) is 112 Å². The molecule has 0 radical (unpaired) electrons. The lowest BCUT2D eigenvalue weighted by molar-refractivity contribution is -0.122. The maximum atomic E-state index is 12.7. The Bertz CT molecular complexity index is 1080. The van der Waals surface area contributed by atoms with Gasteiger partial charge in [0.1, 0.15) is 27.8 Å². The third kappa shape index (κ3) is 4.82. The Morgan fingerprint density at radius 2 is 2.27 bits per heavy atom. The molecule has 12 heteroatoms. The van der Waals surface area contributed by atoms with Crippen LogP contribution in [0.25, 0.3) is 0 Å². The number of aromatic nitrogens is 2. The first kappa shape index (κ1) is 23.8. The van der Waals surface area contributed by atoms with E-state index < -0.39 is 18.1 Å². The SMILES string of the molecule is CC[C@@]1(C)C[C@H]2CSC(N)=N[C@@]2(c2nc(NC(=O)c3ncc(OC(F)F)cc3C)cs2)CO1. The predicted molar refractivity (Wildman–Crippen MR) is 124 cm³/mol. The number of amidine groups is 1. The number of nitrogens with zero attached hydrogens (tertiary/aromatic N) is 3. The third-order valence-electron chi connectivity index (χ3n) is 6.09. The Labute approximate surface area is 198 Å². The van der Waals surface area contributed by atoms with Crippen molar-refractivity contribution >= 4 is 40.0 Å². The van der Waals surface area contributed by atoms with E-state index in [1.54, 1.807) is 24.1 Å². The minimum absolute atomic E-state index is 0.0956. The molecule has 0 aromatic carbocycles. The van der Waals surface area contributed by atoms with Crippen LogP contribution in [0, 0.1) is 12.8 Å². The number of aryl methyl sites for hydroxylation is 1. The van der Waals surface area contributed by atoms with Crippen LogP contribution in [0.1, 0.15) is 47.7 Å². The molecule has 3 atom stereocenters. The first-order valence-corrected chi connectivity index (χ1v) is 12.3. The van der Waals surface area contributed by atoms with Crippen molar-refractivity contribution in [3.05, 3.63) is 33.9 Å². The lowest BCUT2D eigenvalue weighted by Crippen LogP contribution is -2.53. The van der Waals surface area contributed by atoms with E-state index in [2.05, 4.69) is 33.9 Å². The second-order valence-electron chi connectivity index (χ2n) is 8.39. The highest BCUT2D eigenvalue weighted by molar-refractivity contribution is 8.13.